The van der Waals surface area contributed by atoms with Crippen LogP contribution in [0.5, 0.6) is 0 Å². The van der Waals surface area contributed by atoms with Crippen molar-refractivity contribution in [3.63, 3.8) is 0 Å². The first-order valence-corrected chi connectivity index (χ1v) is 11.5. The van der Waals surface area contributed by atoms with Crippen LogP contribution in [-0.2, 0) is 7.05 Å². The van der Waals surface area contributed by atoms with Gasteiger partial charge in [-0.25, -0.2) is 4.57 Å². The number of pyridine rings is 1. The predicted octanol–water partition coefficient (Wildman–Crippen LogP) is 5.29. The monoisotopic (exact) mass is 370 g/mol. The molecule has 1 atom stereocenters. The number of benzene rings is 3. The first-order valence-electron chi connectivity index (χ1n) is 9.70. The molecule has 0 saturated heterocycles. The summed E-state index contributed by atoms with van der Waals surface area (Å²) in [7, 11) is 1.82. The van der Waals surface area contributed by atoms with Crippen molar-refractivity contribution in [3.05, 3.63) is 65.9 Å². The fraction of sp³-hybridized carbons (Fsp3) is 0.240. The van der Waals surface area contributed by atoms with Crippen LogP contribution >= 0.6 is 7.92 Å². The Kier molecular flexibility index (Phi) is 3.68. The Morgan fingerprint density at radius 3 is 2.48 bits per heavy atom. The van der Waals surface area contributed by atoms with Crippen LogP contribution in [0.15, 0.2) is 54.7 Å². The third kappa shape index (κ3) is 2.31. The van der Waals surface area contributed by atoms with E-state index in [2.05, 4.69) is 93.8 Å². The molecule has 1 nitrogen and oxygen atoms in total. The molecular weight excluding hydrogens is 345 g/mol. The highest BCUT2D eigenvalue weighted by Gasteiger charge is 2.32. The van der Waals surface area contributed by atoms with Gasteiger partial charge in [-0.3, -0.25) is 0 Å². The van der Waals surface area contributed by atoms with E-state index in [0.717, 1.165) is 0 Å². The van der Waals surface area contributed by atoms with E-state index < -0.39 is 0 Å². The summed E-state index contributed by atoms with van der Waals surface area (Å²) in [5.41, 5.74) is 5.71. The number of fused-ring (bicyclic) bond motifs is 3. The molecule has 0 amide bonds. The van der Waals surface area contributed by atoms with Crippen LogP contribution in [0, 0.1) is 6.92 Å². The van der Waals surface area contributed by atoms with Crippen molar-refractivity contribution in [2.45, 2.75) is 26.7 Å². The number of nitrogens with zero attached hydrogens (tertiary/aromatic N) is 1. The van der Waals surface area contributed by atoms with E-state index in [0.29, 0.717) is 5.92 Å². The minimum absolute atomic E-state index is 0.369. The van der Waals surface area contributed by atoms with Crippen molar-refractivity contribution in [1.82, 2.24) is 0 Å². The largest absolute Gasteiger partial charge is 0.221 e. The van der Waals surface area contributed by atoms with Crippen molar-refractivity contribution in [3.8, 4) is 11.3 Å². The van der Waals surface area contributed by atoms with Gasteiger partial charge in [-0.2, -0.15) is 0 Å². The molecule has 27 heavy (non-hydrogen) atoms. The lowest BCUT2D eigenvalue weighted by atomic mass is 9.92. The Hall–Kier alpha value is -2.24. The molecule has 0 spiro atoms. The highest BCUT2D eigenvalue weighted by Crippen LogP contribution is 2.45. The maximum absolute atomic E-state index is 2.48. The van der Waals surface area contributed by atoms with Gasteiger partial charge in [-0.1, -0.05) is 44.2 Å². The van der Waals surface area contributed by atoms with Crippen molar-refractivity contribution in [1.29, 1.82) is 0 Å². The summed E-state index contributed by atoms with van der Waals surface area (Å²) < 4.78 is 2.32. The molecule has 0 saturated carbocycles. The number of hydrogen-bond donors (Lipinski definition) is 0. The first kappa shape index (κ1) is 16.9. The molecule has 3 aromatic carbocycles. The SMILES string of the molecule is Cc1c2c(cc3ccccc13)P(C)c1cc(C(C)C)cc3cc[n+](C)c-2c13. The van der Waals surface area contributed by atoms with Gasteiger partial charge in [-0.05, 0) is 77.5 Å². The lowest BCUT2D eigenvalue weighted by Crippen LogP contribution is -2.36. The summed E-state index contributed by atoms with van der Waals surface area (Å²) in [6.45, 7) is 9.34. The van der Waals surface area contributed by atoms with Gasteiger partial charge in [0.2, 0.25) is 5.69 Å². The molecule has 1 aliphatic heterocycles. The van der Waals surface area contributed by atoms with Gasteiger partial charge >= 0.3 is 0 Å². The van der Waals surface area contributed by atoms with Gasteiger partial charge in [0.05, 0.1) is 10.9 Å². The summed E-state index contributed by atoms with van der Waals surface area (Å²) >= 11 is 0. The van der Waals surface area contributed by atoms with Gasteiger partial charge < -0.3 is 0 Å². The molecule has 0 N–H and O–H groups in total. The molecule has 0 fully saturated rings. The Balaban J connectivity index is 1.99. The van der Waals surface area contributed by atoms with Crippen molar-refractivity contribution in [2.75, 3.05) is 6.66 Å². The molecule has 0 bridgehead atoms. The highest BCUT2D eigenvalue weighted by molar-refractivity contribution is 7.73. The Morgan fingerprint density at radius 1 is 0.926 bits per heavy atom. The number of aryl methyl sites for hydroxylation is 2. The Labute approximate surface area is 162 Å². The lowest BCUT2D eigenvalue weighted by Gasteiger charge is -2.27. The fourth-order valence-corrected chi connectivity index (χ4v) is 6.72. The van der Waals surface area contributed by atoms with Crippen LogP contribution < -0.4 is 15.2 Å². The van der Waals surface area contributed by atoms with Crippen LogP contribution in [-0.4, -0.2) is 6.66 Å². The molecule has 0 aliphatic carbocycles. The summed E-state index contributed by atoms with van der Waals surface area (Å²) in [6, 6.07) is 18.5. The molecule has 1 aliphatic rings. The van der Waals surface area contributed by atoms with E-state index in [1.165, 1.54) is 49.2 Å². The second kappa shape index (κ2) is 5.88. The maximum Gasteiger partial charge on any atom is 0.221 e. The lowest BCUT2D eigenvalue weighted by molar-refractivity contribution is -0.659. The highest BCUT2D eigenvalue weighted by atomic mass is 31.1. The predicted molar refractivity (Wildman–Crippen MR) is 119 cm³/mol. The maximum atomic E-state index is 2.48. The van der Waals surface area contributed by atoms with Crippen LogP contribution in [0.2, 0.25) is 0 Å². The average Bonchev–Trinajstić information content (AvgIpc) is 2.67. The van der Waals surface area contributed by atoms with Crippen molar-refractivity contribution < 1.29 is 4.57 Å². The topological polar surface area (TPSA) is 3.88 Å². The number of hydrogen-bond acceptors (Lipinski definition) is 0. The van der Waals surface area contributed by atoms with E-state index in [4.69, 9.17) is 0 Å². The van der Waals surface area contributed by atoms with Gasteiger partial charge in [0.15, 0.2) is 6.20 Å². The van der Waals surface area contributed by atoms with Crippen LogP contribution in [0.4, 0.5) is 0 Å². The van der Waals surface area contributed by atoms with E-state index in [9.17, 15) is 0 Å². The standard InChI is InChI=1S/C25H25NP/c1-15(2)19-12-18-10-11-26(4)25-23-16(3)20-9-7-6-8-17(20)13-21(23)27(5)22(14-19)24(18)25/h6-15H,1-5H3/q+1. The van der Waals surface area contributed by atoms with Crippen molar-refractivity contribution >= 4 is 40.1 Å². The second-order valence-corrected chi connectivity index (χ2v) is 10.2. The summed E-state index contributed by atoms with van der Waals surface area (Å²) in [6.07, 6.45) is 2.23. The zero-order chi connectivity index (χ0) is 18.9. The van der Waals surface area contributed by atoms with Crippen LogP contribution in [0.25, 0.3) is 32.8 Å². The van der Waals surface area contributed by atoms with E-state index in [1.807, 2.05) is 0 Å². The normalized spacial score (nSPS) is 15.6. The Morgan fingerprint density at radius 2 is 1.70 bits per heavy atom. The fourth-order valence-electron chi connectivity index (χ4n) is 4.61. The molecule has 0 radical (unpaired) electrons. The number of rotatable bonds is 1. The summed E-state index contributed by atoms with van der Waals surface area (Å²) in [5, 5.41) is 8.65. The summed E-state index contributed by atoms with van der Waals surface area (Å²) in [4.78, 5) is 0. The van der Waals surface area contributed by atoms with E-state index in [-0.39, 0.29) is 7.92 Å². The Bertz CT molecular complexity index is 1240. The first-order chi connectivity index (χ1) is 13.0. The zero-order valence-corrected chi connectivity index (χ0v) is 17.6. The van der Waals surface area contributed by atoms with Gasteiger partial charge in [0.1, 0.15) is 7.05 Å². The second-order valence-electron chi connectivity index (χ2n) is 8.11. The minimum atomic E-state index is -0.369. The quantitative estimate of drug-likeness (QED) is 0.317. The molecule has 134 valence electrons. The molecule has 2 heteroatoms. The van der Waals surface area contributed by atoms with Gasteiger partial charge in [-0.15, -0.1) is 0 Å². The van der Waals surface area contributed by atoms with E-state index >= 15 is 0 Å². The number of aromatic nitrogens is 1. The molecule has 1 aromatic heterocycles. The third-order valence-corrected chi connectivity index (χ3v) is 8.30. The minimum Gasteiger partial charge on any atom is -0.200 e. The zero-order valence-electron chi connectivity index (χ0n) is 16.7. The van der Waals surface area contributed by atoms with Gasteiger partial charge in [0.25, 0.3) is 0 Å². The van der Waals surface area contributed by atoms with E-state index in [1.54, 1.807) is 5.30 Å². The molecule has 1 unspecified atom stereocenters. The smallest absolute Gasteiger partial charge is 0.200 e. The molecule has 2 heterocycles. The van der Waals surface area contributed by atoms with Crippen molar-refractivity contribution in [2.24, 2.45) is 7.05 Å². The molecule has 5 rings (SSSR count). The van der Waals surface area contributed by atoms with Gasteiger partial charge in [0, 0.05) is 6.07 Å². The average molecular weight is 370 g/mol. The molecule has 4 aromatic rings. The molecular formula is C25H25NP+. The van der Waals surface area contributed by atoms with Crippen LogP contribution in [0.1, 0.15) is 30.9 Å². The third-order valence-electron chi connectivity index (χ3n) is 6.15. The van der Waals surface area contributed by atoms with Crippen LogP contribution in [0.3, 0.4) is 0 Å². The summed E-state index contributed by atoms with van der Waals surface area (Å²) in [5.74, 6) is 0.547.